The molecule has 0 aliphatic heterocycles. The number of aromatic nitrogens is 2. The molecule has 3 aromatic rings. The van der Waals surface area contributed by atoms with Gasteiger partial charge >= 0.3 is 5.97 Å². The number of rotatable bonds is 4. The molecule has 6 heteroatoms. The minimum Gasteiger partial charge on any atom is -0.478 e. The van der Waals surface area contributed by atoms with E-state index in [0.717, 1.165) is 23.1 Å². The van der Waals surface area contributed by atoms with Gasteiger partial charge in [-0.15, -0.1) is 0 Å². The van der Waals surface area contributed by atoms with Crippen molar-refractivity contribution >= 4 is 22.7 Å². The van der Waals surface area contributed by atoms with Crippen LogP contribution in [0.2, 0.25) is 0 Å². The number of H-pyrrole nitrogens is 2. The molecule has 0 unspecified atom stereocenters. The summed E-state index contributed by atoms with van der Waals surface area (Å²) in [5.74, 6) is -0.609. The molecule has 0 amide bonds. The Bertz CT molecular complexity index is 891. The van der Waals surface area contributed by atoms with Gasteiger partial charge in [-0.3, -0.25) is 4.79 Å². The van der Waals surface area contributed by atoms with Crippen LogP contribution >= 0.6 is 0 Å². The number of hydrogen-bond acceptors (Lipinski definition) is 3. The molecule has 0 radical (unpaired) electrons. The highest BCUT2D eigenvalue weighted by atomic mass is 16.4. The number of benzene rings is 1. The van der Waals surface area contributed by atoms with Crippen LogP contribution in [0.4, 0.5) is 5.82 Å². The third-order valence-electron chi connectivity index (χ3n) is 3.66. The lowest BCUT2D eigenvalue weighted by Crippen LogP contribution is -2.09. The molecular weight excluding hydrogens is 282 g/mol. The van der Waals surface area contributed by atoms with Gasteiger partial charge in [-0.2, -0.15) is 0 Å². The number of nitrogen functional groups attached to an aromatic ring is 1. The van der Waals surface area contributed by atoms with Gasteiger partial charge in [-0.1, -0.05) is 12.1 Å². The number of aryl methyl sites for hydroxylation is 2. The van der Waals surface area contributed by atoms with Crippen molar-refractivity contribution in [2.24, 2.45) is 0 Å². The van der Waals surface area contributed by atoms with Gasteiger partial charge < -0.3 is 20.8 Å². The summed E-state index contributed by atoms with van der Waals surface area (Å²) in [7, 11) is 0. The van der Waals surface area contributed by atoms with Crippen molar-refractivity contribution in [1.82, 2.24) is 9.97 Å². The topological polar surface area (TPSA) is 112 Å². The maximum absolute atomic E-state index is 12.0. The van der Waals surface area contributed by atoms with Crippen molar-refractivity contribution in [3.63, 3.8) is 0 Å². The highest BCUT2D eigenvalue weighted by molar-refractivity contribution is 5.87. The molecule has 2 aromatic heterocycles. The molecule has 0 atom stereocenters. The molecule has 0 saturated heterocycles. The molecule has 5 N–H and O–H groups in total. The van der Waals surface area contributed by atoms with E-state index in [1.165, 1.54) is 0 Å². The highest BCUT2D eigenvalue weighted by Gasteiger charge is 2.09. The molecule has 112 valence electrons. The van der Waals surface area contributed by atoms with Gasteiger partial charge in [0.25, 0.3) is 5.56 Å². The molecule has 0 aliphatic carbocycles. The van der Waals surface area contributed by atoms with E-state index in [9.17, 15) is 9.59 Å². The number of nitrogens with two attached hydrogens (primary N) is 1. The van der Waals surface area contributed by atoms with Crippen LogP contribution in [-0.4, -0.2) is 21.0 Å². The molecular formula is C16H15N3O3. The molecule has 22 heavy (non-hydrogen) atoms. The summed E-state index contributed by atoms with van der Waals surface area (Å²) in [5, 5.41) is 9.50. The van der Waals surface area contributed by atoms with Crippen LogP contribution in [0.1, 0.15) is 21.5 Å². The molecule has 6 nitrogen and oxygen atoms in total. The van der Waals surface area contributed by atoms with Crippen molar-refractivity contribution in [3.05, 3.63) is 63.6 Å². The van der Waals surface area contributed by atoms with Crippen molar-refractivity contribution in [2.75, 3.05) is 5.73 Å². The summed E-state index contributed by atoms with van der Waals surface area (Å²) < 4.78 is 0. The minimum atomic E-state index is -0.938. The zero-order valence-corrected chi connectivity index (χ0v) is 11.7. The largest absolute Gasteiger partial charge is 0.478 e. The number of fused-ring (bicyclic) bond motifs is 1. The molecule has 0 aliphatic rings. The van der Waals surface area contributed by atoms with Gasteiger partial charge in [-0.05, 0) is 36.1 Å². The second-order valence-corrected chi connectivity index (χ2v) is 5.16. The lowest BCUT2D eigenvalue weighted by atomic mass is 10.0. The van der Waals surface area contributed by atoms with Gasteiger partial charge in [0, 0.05) is 12.3 Å². The Hall–Kier alpha value is -3.02. The Kier molecular flexibility index (Phi) is 3.42. The number of carbonyl (C=O) groups is 1. The average Bonchev–Trinajstić information content (AvgIpc) is 2.88. The van der Waals surface area contributed by atoms with E-state index < -0.39 is 5.97 Å². The second-order valence-electron chi connectivity index (χ2n) is 5.16. The number of carboxylic acid groups (broad SMARTS) is 1. The Morgan fingerprint density at radius 2 is 1.91 bits per heavy atom. The van der Waals surface area contributed by atoms with Crippen LogP contribution in [0.3, 0.4) is 0 Å². The number of pyridine rings is 1. The monoisotopic (exact) mass is 297 g/mol. The maximum Gasteiger partial charge on any atom is 0.335 e. The smallest absolute Gasteiger partial charge is 0.335 e. The van der Waals surface area contributed by atoms with Crippen molar-refractivity contribution in [2.45, 2.75) is 12.8 Å². The van der Waals surface area contributed by atoms with Gasteiger partial charge in [0.2, 0.25) is 0 Å². The van der Waals surface area contributed by atoms with E-state index >= 15 is 0 Å². The minimum absolute atomic E-state index is 0.201. The van der Waals surface area contributed by atoms with E-state index in [-0.39, 0.29) is 11.1 Å². The van der Waals surface area contributed by atoms with E-state index in [1.807, 2.05) is 6.20 Å². The summed E-state index contributed by atoms with van der Waals surface area (Å²) >= 11 is 0. The molecule has 0 bridgehead atoms. The standard InChI is InChI=1S/C16H15N3O3/c17-13-7-12-14(15(20)19-13)11(8-18-12)6-3-9-1-4-10(5-2-9)16(21)22/h1-2,4-5,7-8,18H,3,6H2,(H,21,22)(H3,17,19,20). The summed E-state index contributed by atoms with van der Waals surface area (Å²) in [4.78, 5) is 28.5. The van der Waals surface area contributed by atoms with Crippen LogP contribution < -0.4 is 11.3 Å². The molecule has 0 saturated carbocycles. The molecule has 2 heterocycles. The molecule has 3 rings (SSSR count). The molecule has 0 fully saturated rings. The highest BCUT2D eigenvalue weighted by Crippen LogP contribution is 2.17. The van der Waals surface area contributed by atoms with Crippen molar-refractivity contribution in [3.8, 4) is 0 Å². The molecule has 1 aromatic carbocycles. The van der Waals surface area contributed by atoms with Crippen LogP contribution in [0.25, 0.3) is 10.9 Å². The number of aromatic amines is 2. The zero-order chi connectivity index (χ0) is 15.7. The van der Waals surface area contributed by atoms with Gasteiger partial charge in [0.15, 0.2) is 0 Å². The van der Waals surface area contributed by atoms with Gasteiger partial charge in [-0.25, -0.2) is 4.79 Å². The predicted octanol–water partition coefficient (Wildman–Crippen LogP) is 1.92. The number of nitrogens with one attached hydrogen (secondary N) is 2. The fourth-order valence-electron chi connectivity index (χ4n) is 2.54. The number of hydrogen-bond donors (Lipinski definition) is 4. The maximum atomic E-state index is 12.0. The predicted molar refractivity (Wildman–Crippen MR) is 84.1 cm³/mol. The second kappa shape index (κ2) is 5.40. The summed E-state index contributed by atoms with van der Waals surface area (Å²) in [6.45, 7) is 0. The Balaban J connectivity index is 1.82. The Labute approximate surface area is 125 Å². The number of carboxylic acids is 1. The van der Waals surface area contributed by atoms with E-state index in [0.29, 0.717) is 17.6 Å². The quantitative estimate of drug-likeness (QED) is 0.589. The van der Waals surface area contributed by atoms with Gasteiger partial charge in [0.1, 0.15) is 5.82 Å². The average molecular weight is 297 g/mol. The third kappa shape index (κ3) is 2.58. The van der Waals surface area contributed by atoms with Crippen LogP contribution in [0.15, 0.2) is 41.3 Å². The fourth-order valence-corrected chi connectivity index (χ4v) is 2.54. The third-order valence-corrected chi connectivity index (χ3v) is 3.66. The van der Waals surface area contributed by atoms with Crippen molar-refractivity contribution in [1.29, 1.82) is 0 Å². The lowest BCUT2D eigenvalue weighted by Gasteiger charge is -2.02. The van der Waals surface area contributed by atoms with E-state index in [4.69, 9.17) is 10.8 Å². The van der Waals surface area contributed by atoms with Gasteiger partial charge in [0.05, 0.1) is 16.5 Å². The van der Waals surface area contributed by atoms with Crippen LogP contribution in [0.5, 0.6) is 0 Å². The lowest BCUT2D eigenvalue weighted by molar-refractivity contribution is 0.0697. The Morgan fingerprint density at radius 1 is 1.18 bits per heavy atom. The van der Waals surface area contributed by atoms with E-state index in [2.05, 4.69) is 9.97 Å². The first-order valence-electron chi connectivity index (χ1n) is 6.85. The van der Waals surface area contributed by atoms with E-state index in [1.54, 1.807) is 30.3 Å². The first-order chi connectivity index (χ1) is 10.5. The number of anilines is 1. The summed E-state index contributed by atoms with van der Waals surface area (Å²) in [6.07, 6.45) is 3.21. The van der Waals surface area contributed by atoms with Crippen LogP contribution in [-0.2, 0) is 12.8 Å². The fraction of sp³-hybridized carbons (Fsp3) is 0.125. The summed E-state index contributed by atoms with van der Waals surface area (Å²) in [6, 6.07) is 8.45. The Morgan fingerprint density at radius 3 is 2.59 bits per heavy atom. The van der Waals surface area contributed by atoms with Crippen LogP contribution in [0, 0.1) is 0 Å². The van der Waals surface area contributed by atoms with Crippen molar-refractivity contribution < 1.29 is 9.90 Å². The summed E-state index contributed by atoms with van der Waals surface area (Å²) in [5.41, 5.74) is 8.33. The zero-order valence-electron chi connectivity index (χ0n) is 11.7. The SMILES string of the molecule is Nc1cc2[nH]cc(CCc3ccc(C(=O)O)cc3)c2c(=O)[nH]1. The number of aromatic carboxylic acids is 1. The first kappa shape index (κ1) is 13.9. The first-order valence-corrected chi connectivity index (χ1v) is 6.85. The normalized spacial score (nSPS) is 10.9. The molecule has 0 spiro atoms.